The summed E-state index contributed by atoms with van der Waals surface area (Å²) in [5.74, 6) is -3.06. The Labute approximate surface area is 176 Å². The number of fused-ring (bicyclic) bond motifs is 1. The van der Waals surface area contributed by atoms with Crippen molar-refractivity contribution in [2.45, 2.75) is 12.1 Å². The van der Waals surface area contributed by atoms with Crippen molar-refractivity contribution in [1.82, 2.24) is 0 Å². The number of carbonyl (C=O) groups excluding carboxylic acids is 2. The highest BCUT2D eigenvalue weighted by molar-refractivity contribution is 6.23. The van der Waals surface area contributed by atoms with Gasteiger partial charge in [0.2, 0.25) is 5.91 Å². The van der Waals surface area contributed by atoms with E-state index in [0.29, 0.717) is 11.3 Å². The van der Waals surface area contributed by atoms with Crippen LogP contribution in [0.25, 0.3) is 0 Å². The van der Waals surface area contributed by atoms with Gasteiger partial charge in [0, 0.05) is 0 Å². The van der Waals surface area contributed by atoms with Gasteiger partial charge in [-0.05, 0) is 54.1 Å². The minimum Gasteiger partial charge on any atom is -0.504 e. The molecule has 2 N–H and O–H groups in total. The Morgan fingerprint density at radius 1 is 0.806 bits per heavy atom. The average molecular weight is 420 g/mol. The normalized spacial score (nSPS) is 22.8. The maximum atomic E-state index is 13.4. The molecule has 3 aromatic carbocycles. The van der Waals surface area contributed by atoms with Crippen molar-refractivity contribution in [3.8, 4) is 11.5 Å². The van der Waals surface area contributed by atoms with E-state index in [9.17, 15) is 24.2 Å². The molecule has 156 valence electrons. The first-order valence-corrected chi connectivity index (χ1v) is 9.62. The van der Waals surface area contributed by atoms with Crippen LogP contribution in [-0.4, -0.2) is 28.1 Å². The van der Waals surface area contributed by atoms with Gasteiger partial charge in [0.1, 0.15) is 11.7 Å². The van der Waals surface area contributed by atoms with E-state index in [2.05, 4.69) is 0 Å². The summed E-state index contributed by atoms with van der Waals surface area (Å²) >= 11 is 0. The fourth-order valence-corrected chi connectivity index (χ4v) is 4.12. The lowest BCUT2D eigenvalue weighted by atomic mass is 9.90. The zero-order valence-electron chi connectivity index (χ0n) is 16.1. The minimum atomic E-state index is -1.08. The molecule has 0 spiro atoms. The number of phenolic OH excluding ortho intramolecular Hbond substituents is 2. The molecule has 0 saturated carbocycles. The SMILES string of the molecule is O=C1[C@@H]2[C@@H](c3ccc(O)c(O)c3)N(c3ccccc3)O[C@H]2C(=O)N1c1ccc(F)cc1. The molecule has 5 rings (SSSR count). The molecule has 3 atom stereocenters. The van der Waals surface area contributed by atoms with Gasteiger partial charge in [-0.2, -0.15) is 0 Å². The number of hydroxylamine groups is 1. The van der Waals surface area contributed by atoms with Crippen molar-refractivity contribution < 1.29 is 29.0 Å². The standard InChI is InChI=1S/C23H17FN2O5/c24-14-7-9-15(10-8-14)25-22(29)19-20(13-6-11-17(27)18(28)12-13)26(31-21(19)23(25)30)16-4-2-1-3-5-16/h1-12,19-21,27-28H/t19-,20-,21-/m1/s1. The van der Waals surface area contributed by atoms with Crippen LogP contribution in [0.15, 0.2) is 72.8 Å². The summed E-state index contributed by atoms with van der Waals surface area (Å²) in [5, 5.41) is 21.2. The molecular weight excluding hydrogens is 403 g/mol. The Morgan fingerprint density at radius 3 is 2.19 bits per heavy atom. The van der Waals surface area contributed by atoms with E-state index in [-0.39, 0.29) is 17.2 Å². The molecule has 2 fully saturated rings. The first-order chi connectivity index (χ1) is 15.0. The molecule has 0 radical (unpaired) electrons. The number of imide groups is 1. The zero-order valence-corrected chi connectivity index (χ0v) is 16.1. The Hall–Kier alpha value is -3.91. The maximum absolute atomic E-state index is 13.4. The van der Waals surface area contributed by atoms with Crippen LogP contribution in [-0.2, 0) is 14.4 Å². The number of phenols is 2. The molecule has 7 nitrogen and oxygen atoms in total. The Balaban J connectivity index is 1.60. The number of aromatic hydroxyl groups is 2. The summed E-state index contributed by atoms with van der Waals surface area (Å²) in [7, 11) is 0. The van der Waals surface area contributed by atoms with Crippen LogP contribution < -0.4 is 9.96 Å². The number of hydrogen-bond donors (Lipinski definition) is 2. The molecule has 2 heterocycles. The van der Waals surface area contributed by atoms with Crippen molar-refractivity contribution in [2.24, 2.45) is 5.92 Å². The minimum absolute atomic E-state index is 0.257. The lowest BCUT2D eigenvalue weighted by molar-refractivity contribution is -0.126. The van der Waals surface area contributed by atoms with Gasteiger partial charge in [0.15, 0.2) is 17.6 Å². The van der Waals surface area contributed by atoms with Gasteiger partial charge in [0.05, 0.1) is 17.4 Å². The second kappa shape index (κ2) is 7.10. The maximum Gasteiger partial charge on any atom is 0.266 e. The summed E-state index contributed by atoms with van der Waals surface area (Å²) in [6.45, 7) is 0. The molecule has 3 aromatic rings. The molecule has 2 aliphatic rings. The van der Waals surface area contributed by atoms with Crippen LogP contribution in [0.2, 0.25) is 0 Å². The fraction of sp³-hybridized carbons (Fsp3) is 0.130. The predicted molar refractivity (Wildman–Crippen MR) is 109 cm³/mol. The lowest BCUT2D eigenvalue weighted by Crippen LogP contribution is -2.37. The van der Waals surface area contributed by atoms with Crippen molar-refractivity contribution in [3.05, 3.63) is 84.2 Å². The van der Waals surface area contributed by atoms with Crippen molar-refractivity contribution in [2.75, 3.05) is 9.96 Å². The van der Waals surface area contributed by atoms with E-state index >= 15 is 0 Å². The van der Waals surface area contributed by atoms with Crippen LogP contribution in [0.1, 0.15) is 11.6 Å². The number of halogens is 1. The lowest BCUT2D eigenvalue weighted by Gasteiger charge is -2.28. The molecular formula is C23H17FN2O5. The van der Waals surface area contributed by atoms with E-state index < -0.39 is 35.7 Å². The molecule has 0 aliphatic carbocycles. The number of benzene rings is 3. The van der Waals surface area contributed by atoms with Gasteiger partial charge in [-0.3, -0.25) is 14.4 Å². The van der Waals surface area contributed by atoms with Gasteiger partial charge >= 0.3 is 0 Å². The molecule has 2 amide bonds. The van der Waals surface area contributed by atoms with Crippen LogP contribution in [0.5, 0.6) is 11.5 Å². The zero-order chi connectivity index (χ0) is 21.7. The highest BCUT2D eigenvalue weighted by atomic mass is 19.1. The quantitative estimate of drug-likeness (QED) is 0.499. The first kappa shape index (κ1) is 19.1. The Morgan fingerprint density at radius 2 is 1.52 bits per heavy atom. The largest absolute Gasteiger partial charge is 0.504 e. The van der Waals surface area contributed by atoms with Gasteiger partial charge in [-0.1, -0.05) is 24.3 Å². The van der Waals surface area contributed by atoms with Crippen molar-refractivity contribution in [1.29, 1.82) is 0 Å². The van der Waals surface area contributed by atoms with Crippen LogP contribution in [0, 0.1) is 11.7 Å². The van der Waals surface area contributed by atoms with E-state index in [4.69, 9.17) is 4.84 Å². The number of carbonyl (C=O) groups is 2. The molecule has 2 aliphatic heterocycles. The molecule has 31 heavy (non-hydrogen) atoms. The van der Waals surface area contributed by atoms with E-state index in [0.717, 1.165) is 4.90 Å². The monoisotopic (exact) mass is 420 g/mol. The second-order valence-corrected chi connectivity index (χ2v) is 7.39. The predicted octanol–water partition coefficient (Wildman–Crippen LogP) is 3.29. The van der Waals surface area contributed by atoms with E-state index in [1.54, 1.807) is 30.3 Å². The van der Waals surface area contributed by atoms with Crippen molar-refractivity contribution in [3.63, 3.8) is 0 Å². The molecule has 8 heteroatoms. The molecule has 0 unspecified atom stereocenters. The highest BCUT2D eigenvalue weighted by Gasteiger charge is 2.60. The van der Waals surface area contributed by atoms with E-state index in [1.807, 2.05) is 6.07 Å². The number of hydrogen-bond acceptors (Lipinski definition) is 6. The molecule has 0 bridgehead atoms. The third-order valence-corrected chi connectivity index (χ3v) is 5.55. The number of rotatable bonds is 3. The number of para-hydroxylation sites is 1. The second-order valence-electron chi connectivity index (χ2n) is 7.39. The Bertz CT molecular complexity index is 1170. The number of anilines is 2. The average Bonchev–Trinajstić information content (AvgIpc) is 3.28. The summed E-state index contributed by atoms with van der Waals surface area (Å²) in [6.07, 6.45) is -1.08. The summed E-state index contributed by atoms with van der Waals surface area (Å²) in [6, 6.07) is 17.6. The molecule has 0 aromatic heterocycles. The third kappa shape index (κ3) is 3.00. The van der Waals surface area contributed by atoms with Gasteiger partial charge in [-0.25, -0.2) is 14.4 Å². The Kier molecular flexibility index (Phi) is 4.37. The number of nitrogens with zero attached hydrogens (tertiary/aromatic N) is 2. The summed E-state index contributed by atoms with van der Waals surface area (Å²) < 4.78 is 13.3. The summed E-state index contributed by atoms with van der Waals surface area (Å²) in [4.78, 5) is 33.5. The fourth-order valence-electron chi connectivity index (χ4n) is 4.12. The smallest absolute Gasteiger partial charge is 0.266 e. The van der Waals surface area contributed by atoms with Crippen LogP contribution >= 0.6 is 0 Å². The van der Waals surface area contributed by atoms with Gasteiger partial charge < -0.3 is 10.2 Å². The van der Waals surface area contributed by atoms with Crippen molar-refractivity contribution >= 4 is 23.2 Å². The van der Waals surface area contributed by atoms with E-state index in [1.165, 1.54) is 41.5 Å². The highest BCUT2D eigenvalue weighted by Crippen LogP contribution is 2.48. The van der Waals surface area contributed by atoms with Gasteiger partial charge in [-0.15, -0.1) is 0 Å². The third-order valence-electron chi connectivity index (χ3n) is 5.55. The first-order valence-electron chi connectivity index (χ1n) is 9.62. The molecule has 2 saturated heterocycles. The topological polar surface area (TPSA) is 90.3 Å². The van der Waals surface area contributed by atoms with Crippen LogP contribution in [0.3, 0.4) is 0 Å². The number of amides is 2. The van der Waals surface area contributed by atoms with Gasteiger partial charge in [0.25, 0.3) is 5.91 Å². The van der Waals surface area contributed by atoms with Crippen LogP contribution in [0.4, 0.5) is 15.8 Å². The summed E-state index contributed by atoms with van der Waals surface area (Å²) in [5.41, 5.74) is 1.38.